The van der Waals surface area contributed by atoms with Gasteiger partial charge in [0.25, 0.3) is 0 Å². The lowest BCUT2D eigenvalue weighted by molar-refractivity contribution is -0.138. The third-order valence-electron chi connectivity index (χ3n) is 3.76. The van der Waals surface area contributed by atoms with Crippen molar-refractivity contribution in [1.29, 1.82) is 0 Å². The SMILES string of the molecule is CC(C)(CC(=O)O)c1csc(C2CCCCC2)n1. The van der Waals surface area contributed by atoms with E-state index in [2.05, 4.69) is 0 Å². The van der Waals surface area contributed by atoms with E-state index in [0.717, 1.165) is 5.69 Å². The first-order valence-electron chi connectivity index (χ1n) is 6.67. The van der Waals surface area contributed by atoms with Gasteiger partial charge >= 0.3 is 5.97 Å². The molecule has 0 saturated heterocycles. The molecule has 1 aliphatic rings. The van der Waals surface area contributed by atoms with Gasteiger partial charge in [0.05, 0.1) is 17.1 Å². The highest BCUT2D eigenvalue weighted by atomic mass is 32.1. The Morgan fingerprint density at radius 1 is 1.44 bits per heavy atom. The van der Waals surface area contributed by atoms with E-state index >= 15 is 0 Å². The van der Waals surface area contributed by atoms with Gasteiger partial charge in [0.1, 0.15) is 0 Å². The van der Waals surface area contributed by atoms with Crippen LogP contribution in [-0.4, -0.2) is 16.1 Å². The first-order chi connectivity index (χ1) is 8.49. The molecule has 0 atom stereocenters. The molecule has 1 aliphatic carbocycles. The lowest BCUT2D eigenvalue weighted by atomic mass is 9.86. The Hall–Kier alpha value is -0.900. The number of aromatic nitrogens is 1. The molecular weight excluding hydrogens is 246 g/mol. The van der Waals surface area contributed by atoms with Crippen LogP contribution in [-0.2, 0) is 10.2 Å². The Morgan fingerprint density at radius 3 is 2.72 bits per heavy atom. The standard InChI is InChI=1S/C14H21NO2S/c1-14(2,8-12(16)17)11-9-18-13(15-11)10-6-4-3-5-7-10/h9-10H,3-8H2,1-2H3,(H,16,17). The molecular formula is C14H21NO2S. The Morgan fingerprint density at radius 2 is 2.11 bits per heavy atom. The molecule has 1 N–H and O–H groups in total. The third kappa shape index (κ3) is 3.10. The Labute approximate surface area is 112 Å². The highest BCUT2D eigenvalue weighted by molar-refractivity contribution is 7.09. The average Bonchev–Trinajstić information content (AvgIpc) is 2.78. The predicted octanol–water partition coefficient (Wildman–Crippen LogP) is 3.94. The van der Waals surface area contributed by atoms with Gasteiger partial charge in [-0.2, -0.15) is 0 Å². The van der Waals surface area contributed by atoms with Crippen LogP contribution in [0, 0.1) is 0 Å². The minimum Gasteiger partial charge on any atom is -0.481 e. The maximum absolute atomic E-state index is 10.9. The van der Waals surface area contributed by atoms with Crippen LogP contribution >= 0.6 is 11.3 Å². The number of nitrogens with zero attached hydrogens (tertiary/aromatic N) is 1. The van der Waals surface area contributed by atoms with E-state index in [0.29, 0.717) is 5.92 Å². The van der Waals surface area contributed by atoms with E-state index in [1.165, 1.54) is 37.1 Å². The highest BCUT2D eigenvalue weighted by Crippen LogP contribution is 2.36. The number of thiazole rings is 1. The third-order valence-corrected chi connectivity index (χ3v) is 4.77. The van der Waals surface area contributed by atoms with Gasteiger partial charge in [-0.05, 0) is 12.8 Å². The zero-order chi connectivity index (χ0) is 13.2. The van der Waals surface area contributed by atoms with E-state index in [4.69, 9.17) is 10.1 Å². The summed E-state index contributed by atoms with van der Waals surface area (Å²) in [5.74, 6) is -0.148. The monoisotopic (exact) mass is 267 g/mol. The first-order valence-corrected chi connectivity index (χ1v) is 7.55. The molecule has 0 unspecified atom stereocenters. The molecule has 0 bridgehead atoms. The van der Waals surface area contributed by atoms with Crippen LogP contribution in [0.5, 0.6) is 0 Å². The van der Waals surface area contributed by atoms with Gasteiger partial charge in [-0.1, -0.05) is 33.1 Å². The van der Waals surface area contributed by atoms with Gasteiger partial charge < -0.3 is 5.11 Å². The van der Waals surface area contributed by atoms with Gasteiger partial charge in [-0.15, -0.1) is 11.3 Å². The Kier molecular flexibility index (Phi) is 4.05. The maximum Gasteiger partial charge on any atom is 0.304 e. The van der Waals surface area contributed by atoms with Crippen molar-refractivity contribution in [3.05, 3.63) is 16.1 Å². The maximum atomic E-state index is 10.9. The minimum atomic E-state index is -0.757. The van der Waals surface area contributed by atoms with Crippen LogP contribution in [0.1, 0.15) is 69.0 Å². The molecule has 1 aromatic heterocycles. The molecule has 18 heavy (non-hydrogen) atoms. The first kappa shape index (κ1) is 13.5. The number of rotatable bonds is 4. The van der Waals surface area contributed by atoms with Crippen LogP contribution in [0.2, 0.25) is 0 Å². The van der Waals surface area contributed by atoms with E-state index < -0.39 is 5.97 Å². The quantitative estimate of drug-likeness (QED) is 0.898. The van der Waals surface area contributed by atoms with Crippen LogP contribution in [0.4, 0.5) is 0 Å². The molecule has 1 aromatic rings. The molecule has 0 aromatic carbocycles. The fourth-order valence-corrected chi connectivity index (χ4v) is 3.79. The number of hydrogen-bond acceptors (Lipinski definition) is 3. The second-order valence-corrected chi connectivity index (χ2v) is 6.75. The predicted molar refractivity (Wildman–Crippen MR) is 73.2 cm³/mol. The summed E-state index contributed by atoms with van der Waals surface area (Å²) in [5, 5.41) is 12.2. The molecule has 0 aliphatic heterocycles. The van der Waals surface area contributed by atoms with Gasteiger partial charge in [-0.3, -0.25) is 4.79 Å². The van der Waals surface area contributed by atoms with E-state index in [9.17, 15) is 4.79 Å². The molecule has 0 spiro atoms. The summed E-state index contributed by atoms with van der Waals surface area (Å²) in [6.45, 7) is 3.92. The fraction of sp³-hybridized carbons (Fsp3) is 0.714. The molecule has 2 rings (SSSR count). The van der Waals surface area contributed by atoms with Gasteiger partial charge in [0.2, 0.25) is 0 Å². The van der Waals surface area contributed by atoms with Crippen molar-refractivity contribution in [2.24, 2.45) is 0 Å². The molecule has 1 heterocycles. The van der Waals surface area contributed by atoms with Crippen molar-refractivity contribution in [3.8, 4) is 0 Å². The lowest BCUT2D eigenvalue weighted by Crippen LogP contribution is -2.22. The Balaban J connectivity index is 2.11. The smallest absolute Gasteiger partial charge is 0.304 e. The fourth-order valence-electron chi connectivity index (χ4n) is 2.60. The van der Waals surface area contributed by atoms with E-state index in [-0.39, 0.29) is 11.8 Å². The molecule has 1 fully saturated rings. The molecule has 100 valence electrons. The van der Waals surface area contributed by atoms with Crippen LogP contribution in [0.15, 0.2) is 5.38 Å². The van der Waals surface area contributed by atoms with Gasteiger partial charge in [0, 0.05) is 16.7 Å². The van der Waals surface area contributed by atoms with Gasteiger partial charge in [-0.25, -0.2) is 4.98 Å². The molecule has 1 saturated carbocycles. The van der Waals surface area contributed by atoms with E-state index in [1.54, 1.807) is 11.3 Å². The zero-order valence-electron chi connectivity index (χ0n) is 11.1. The number of carbonyl (C=O) groups is 1. The Bertz CT molecular complexity index is 419. The van der Waals surface area contributed by atoms with Gasteiger partial charge in [0.15, 0.2) is 0 Å². The number of carboxylic acids is 1. The van der Waals surface area contributed by atoms with Crippen molar-refractivity contribution in [2.45, 2.75) is 63.7 Å². The van der Waals surface area contributed by atoms with Crippen molar-refractivity contribution in [2.75, 3.05) is 0 Å². The van der Waals surface area contributed by atoms with E-state index in [1.807, 2.05) is 19.2 Å². The van der Waals surface area contributed by atoms with Crippen molar-refractivity contribution >= 4 is 17.3 Å². The summed E-state index contributed by atoms with van der Waals surface area (Å²) in [5.41, 5.74) is 0.574. The summed E-state index contributed by atoms with van der Waals surface area (Å²) in [4.78, 5) is 15.6. The summed E-state index contributed by atoms with van der Waals surface area (Å²) < 4.78 is 0. The average molecular weight is 267 g/mol. The highest BCUT2D eigenvalue weighted by Gasteiger charge is 2.28. The topological polar surface area (TPSA) is 50.2 Å². The van der Waals surface area contributed by atoms with Crippen LogP contribution < -0.4 is 0 Å². The number of carboxylic acid groups (broad SMARTS) is 1. The van der Waals surface area contributed by atoms with Crippen molar-refractivity contribution in [3.63, 3.8) is 0 Å². The second-order valence-electron chi connectivity index (χ2n) is 5.86. The van der Waals surface area contributed by atoms with Crippen LogP contribution in [0.25, 0.3) is 0 Å². The normalized spacial score (nSPS) is 17.9. The lowest BCUT2D eigenvalue weighted by Gasteiger charge is -2.21. The van der Waals surface area contributed by atoms with Crippen LogP contribution in [0.3, 0.4) is 0 Å². The molecule has 4 heteroatoms. The summed E-state index contributed by atoms with van der Waals surface area (Å²) in [7, 11) is 0. The zero-order valence-corrected chi connectivity index (χ0v) is 11.9. The molecule has 3 nitrogen and oxygen atoms in total. The van der Waals surface area contributed by atoms with Crippen molar-refractivity contribution in [1.82, 2.24) is 4.98 Å². The minimum absolute atomic E-state index is 0.140. The number of aliphatic carboxylic acids is 1. The van der Waals surface area contributed by atoms with Crippen molar-refractivity contribution < 1.29 is 9.90 Å². The number of hydrogen-bond donors (Lipinski definition) is 1. The summed E-state index contributed by atoms with van der Waals surface area (Å²) >= 11 is 1.71. The summed E-state index contributed by atoms with van der Waals surface area (Å²) in [6.07, 6.45) is 6.58. The summed E-state index contributed by atoms with van der Waals surface area (Å²) in [6, 6.07) is 0. The second kappa shape index (κ2) is 5.39. The molecule has 0 radical (unpaired) electrons. The largest absolute Gasteiger partial charge is 0.481 e. The molecule has 0 amide bonds.